The van der Waals surface area contributed by atoms with E-state index in [1.54, 1.807) is 18.0 Å². The lowest BCUT2D eigenvalue weighted by atomic mass is 10.3. The predicted octanol–water partition coefficient (Wildman–Crippen LogP) is 3.42. The average Bonchev–Trinajstić information content (AvgIpc) is 2.38. The molecule has 0 bridgehead atoms. The predicted molar refractivity (Wildman–Crippen MR) is 75.8 cm³/mol. The van der Waals surface area contributed by atoms with E-state index in [0.717, 1.165) is 10.2 Å². The summed E-state index contributed by atoms with van der Waals surface area (Å²) in [6.07, 6.45) is 1.76. The first-order chi connectivity index (χ1) is 8.28. The highest BCUT2D eigenvalue weighted by Crippen LogP contribution is 2.24. The zero-order valence-corrected chi connectivity index (χ0v) is 11.5. The smallest absolute Gasteiger partial charge is 0.140 e. The number of nitrogen functional groups attached to an aromatic ring is 1. The first-order valence-electron chi connectivity index (χ1n) is 5.08. The number of nitrogens with two attached hydrogens (primary N) is 1. The van der Waals surface area contributed by atoms with E-state index in [1.807, 2.05) is 24.3 Å². The van der Waals surface area contributed by atoms with Gasteiger partial charge in [-0.2, -0.15) is 0 Å². The number of hydrazine groups is 1. The molecule has 1 heterocycles. The van der Waals surface area contributed by atoms with Gasteiger partial charge in [0.25, 0.3) is 0 Å². The number of aromatic nitrogens is 1. The van der Waals surface area contributed by atoms with Crippen LogP contribution in [0.2, 0.25) is 0 Å². The highest BCUT2D eigenvalue weighted by atomic mass is 79.9. The highest BCUT2D eigenvalue weighted by molar-refractivity contribution is 9.10. The van der Waals surface area contributed by atoms with Crippen molar-refractivity contribution < 1.29 is 0 Å². The zero-order valence-electron chi connectivity index (χ0n) is 9.06. The molecule has 0 saturated carbocycles. The fraction of sp³-hybridized carbons (Fsp3) is 0.0833. The molecule has 1 aromatic heterocycles. The molecule has 3 nitrogen and oxygen atoms in total. The molecule has 0 radical (unpaired) electrons. The van der Waals surface area contributed by atoms with Crippen LogP contribution in [-0.2, 0) is 5.75 Å². The van der Waals surface area contributed by atoms with Gasteiger partial charge in [0.05, 0.1) is 0 Å². The number of nitrogens with one attached hydrogen (secondary N) is 1. The Hall–Kier alpha value is -1.04. The van der Waals surface area contributed by atoms with Crippen LogP contribution in [-0.4, -0.2) is 4.98 Å². The summed E-state index contributed by atoms with van der Waals surface area (Å²) in [6.45, 7) is 0. The molecule has 17 heavy (non-hydrogen) atoms. The van der Waals surface area contributed by atoms with E-state index in [2.05, 4.69) is 38.5 Å². The van der Waals surface area contributed by atoms with Crippen molar-refractivity contribution in [3.05, 3.63) is 52.6 Å². The van der Waals surface area contributed by atoms with E-state index < -0.39 is 0 Å². The van der Waals surface area contributed by atoms with Crippen molar-refractivity contribution in [2.24, 2.45) is 5.84 Å². The number of rotatable bonds is 4. The summed E-state index contributed by atoms with van der Waals surface area (Å²) in [5.41, 5.74) is 3.74. The maximum Gasteiger partial charge on any atom is 0.140 e. The number of benzene rings is 1. The van der Waals surface area contributed by atoms with Crippen LogP contribution in [0.25, 0.3) is 0 Å². The van der Waals surface area contributed by atoms with Crippen molar-refractivity contribution in [2.75, 3.05) is 5.43 Å². The van der Waals surface area contributed by atoms with E-state index in [9.17, 15) is 0 Å². The second-order valence-corrected chi connectivity index (χ2v) is 5.40. The monoisotopic (exact) mass is 309 g/mol. The third-order valence-electron chi connectivity index (χ3n) is 2.19. The Morgan fingerprint density at radius 1 is 1.24 bits per heavy atom. The molecule has 2 aromatic rings. The van der Waals surface area contributed by atoms with Crippen molar-refractivity contribution in [1.29, 1.82) is 0 Å². The zero-order chi connectivity index (χ0) is 12.1. The van der Waals surface area contributed by atoms with Gasteiger partial charge in [-0.25, -0.2) is 10.8 Å². The molecule has 3 N–H and O–H groups in total. The molecule has 0 aliphatic heterocycles. The molecule has 0 spiro atoms. The Labute approximate surface area is 113 Å². The number of hydrogen-bond acceptors (Lipinski definition) is 4. The highest BCUT2D eigenvalue weighted by Gasteiger charge is 1.98. The van der Waals surface area contributed by atoms with Gasteiger partial charge in [-0.15, -0.1) is 11.8 Å². The van der Waals surface area contributed by atoms with Gasteiger partial charge in [-0.3, -0.25) is 0 Å². The Kier molecular flexibility index (Phi) is 4.42. The van der Waals surface area contributed by atoms with Crippen molar-refractivity contribution in [3.8, 4) is 0 Å². The third-order valence-corrected chi connectivity index (χ3v) is 3.80. The first-order valence-corrected chi connectivity index (χ1v) is 6.86. The number of hydrogen-bond donors (Lipinski definition) is 2. The van der Waals surface area contributed by atoms with Gasteiger partial charge >= 0.3 is 0 Å². The molecule has 1 aromatic carbocycles. The second-order valence-electron chi connectivity index (χ2n) is 3.44. The minimum atomic E-state index is 0.693. The maximum absolute atomic E-state index is 5.32. The van der Waals surface area contributed by atoms with Gasteiger partial charge < -0.3 is 5.43 Å². The molecule has 5 heteroatoms. The summed E-state index contributed by atoms with van der Waals surface area (Å²) in [7, 11) is 0. The van der Waals surface area contributed by atoms with E-state index in [4.69, 9.17) is 5.84 Å². The van der Waals surface area contributed by atoms with E-state index >= 15 is 0 Å². The fourth-order valence-corrected chi connectivity index (χ4v) is 2.45. The summed E-state index contributed by atoms with van der Waals surface area (Å²) >= 11 is 5.20. The molecule has 0 saturated heterocycles. The molecule has 0 amide bonds. The van der Waals surface area contributed by atoms with Crippen molar-refractivity contribution >= 4 is 33.5 Å². The van der Waals surface area contributed by atoms with Crippen LogP contribution in [0.5, 0.6) is 0 Å². The van der Waals surface area contributed by atoms with Crippen molar-refractivity contribution in [1.82, 2.24) is 4.98 Å². The van der Waals surface area contributed by atoms with E-state index in [0.29, 0.717) is 5.82 Å². The van der Waals surface area contributed by atoms with E-state index in [-0.39, 0.29) is 0 Å². The first kappa shape index (κ1) is 12.4. The summed E-state index contributed by atoms with van der Waals surface area (Å²) in [6, 6.07) is 12.2. The van der Waals surface area contributed by atoms with Crippen LogP contribution in [0.1, 0.15) is 5.56 Å². The van der Waals surface area contributed by atoms with Gasteiger partial charge in [-0.1, -0.05) is 15.9 Å². The molecule has 88 valence electrons. The summed E-state index contributed by atoms with van der Waals surface area (Å²) in [5.74, 6) is 6.91. The number of halogens is 1. The normalized spacial score (nSPS) is 10.2. The number of pyridine rings is 1. The van der Waals surface area contributed by atoms with Gasteiger partial charge in [0, 0.05) is 21.3 Å². The van der Waals surface area contributed by atoms with Crippen molar-refractivity contribution in [2.45, 2.75) is 10.6 Å². The van der Waals surface area contributed by atoms with Gasteiger partial charge in [-0.05, 0) is 42.0 Å². The van der Waals surface area contributed by atoms with Crippen LogP contribution < -0.4 is 11.3 Å². The number of nitrogens with zero attached hydrogens (tertiary/aromatic N) is 1. The molecule has 0 unspecified atom stereocenters. The summed E-state index contributed by atoms with van der Waals surface area (Å²) in [4.78, 5) is 5.32. The van der Waals surface area contributed by atoms with Crippen LogP contribution in [0, 0.1) is 0 Å². The Bertz CT molecular complexity index is 487. The second kappa shape index (κ2) is 6.05. The van der Waals surface area contributed by atoms with Crippen LogP contribution >= 0.6 is 27.7 Å². The third kappa shape index (κ3) is 3.73. The topological polar surface area (TPSA) is 50.9 Å². The van der Waals surface area contributed by atoms with Crippen molar-refractivity contribution in [3.63, 3.8) is 0 Å². The van der Waals surface area contributed by atoms with E-state index in [1.165, 1.54) is 10.5 Å². The standard InChI is InChI=1S/C12H12BrN3S/c13-10-1-3-11(4-2-10)17-8-9-5-6-15-12(7-9)16-14/h1-7H,8,14H2,(H,15,16). The number of thioether (sulfide) groups is 1. The fourth-order valence-electron chi connectivity index (χ4n) is 1.34. The molecular weight excluding hydrogens is 298 g/mol. The molecule has 2 rings (SSSR count). The number of anilines is 1. The lowest BCUT2D eigenvalue weighted by molar-refractivity contribution is 1.20. The lowest BCUT2D eigenvalue weighted by Crippen LogP contribution is -2.08. The van der Waals surface area contributed by atoms with Gasteiger partial charge in [0.15, 0.2) is 0 Å². The minimum absolute atomic E-state index is 0.693. The Morgan fingerprint density at radius 3 is 2.71 bits per heavy atom. The summed E-state index contributed by atoms with van der Waals surface area (Å²) < 4.78 is 1.10. The van der Waals surface area contributed by atoms with Crippen LogP contribution in [0.15, 0.2) is 52.0 Å². The quantitative estimate of drug-likeness (QED) is 0.516. The molecular formula is C12H12BrN3S. The Balaban J connectivity index is 1.99. The average molecular weight is 310 g/mol. The maximum atomic E-state index is 5.32. The SMILES string of the molecule is NNc1cc(CSc2ccc(Br)cc2)ccn1. The van der Waals surface area contributed by atoms with Crippen LogP contribution in [0.4, 0.5) is 5.82 Å². The Morgan fingerprint density at radius 2 is 2.00 bits per heavy atom. The van der Waals surface area contributed by atoms with Gasteiger partial charge in [0.1, 0.15) is 5.82 Å². The molecule has 0 fully saturated rings. The van der Waals surface area contributed by atoms with Gasteiger partial charge in [0.2, 0.25) is 0 Å². The largest absolute Gasteiger partial charge is 0.308 e. The molecule has 0 aliphatic rings. The lowest BCUT2D eigenvalue weighted by Gasteiger charge is -2.04. The minimum Gasteiger partial charge on any atom is -0.308 e. The molecule has 0 atom stereocenters. The molecule has 0 aliphatic carbocycles. The van der Waals surface area contributed by atoms with Crippen LogP contribution in [0.3, 0.4) is 0 Å². The summed E-state index contributed by atoms with van der Waals surface area (Å²) in [5, 5.41) is 0.